The van der Waals surface area contributed by atoms with Gasteiger partial charge in [-0.2, -0.15) is 0 Å². The quantitative estimate of drug-likeness (QED) is 0.946. The Hall–Kier alpha value is -0.940. The zero-order valence-electron chi connectivity index (χ0n) is 10.5. The molecule has 3 nitrogen and oxygen atoms in total. The van der Waals surface area contributed by atoms with E-state index in [2.05, 4.69) is 34.6 Å². The van der Waals surface area contributed by atoms with Crippen LogP contribution < -0.4 is 5.32 Å². The highest BCUT2D eigenvalue weighted by Crippen LogP contribution is 2.23. The maximum Gasteiger partial charge on any atom is 0.123 e. The minimum absolute atomic E-state index is 0. The van der Waals surface area contributed by atoms with E-state index in [9.17, 15) is 0 Å². The molecule has 2 heterocycles. The molecule has 2 aromatic rings. The summed E-state index contributed by atoms with van der Waals surface area (Å²) >= 11 is 1.68. The minimum Gasteiger partial charge on any atom is -0.379 e. The molecular formula is C14H17ClN2OS. The molecule has 1 unspecified atom stereocenters. The van der Waals surface area contributed by atoms with Crippen LogP contribution in [0.1, 0.15) is 5.56 Å². The SMILES string of the molecule is Cl.c1cc(CC2COCCN2)cc(-c2nccs2)c1. The normalized spacial score (nSPS) is 18.8. The van der Waals surface area contributed by atoms with Crippen LogP contribution in [0.3, 0.4) is 0 Å². The van der Waals surface area contributed by atoms with Gasteiger partial charge in [-0.1, -0.05) is 18.2 Å². The topological polar surface area (TPSA) is 34.1 Å². The zero-order valence-corrected chi connectivity index (χ0v) is 12.2. The van der Waals surface area contributed by atoms with Crippen LogP contribution in [-0.2, 0) is 11.2 Å². The number of nitrogens with one attached hydrogen (secondary N) is 1. The number of hydrogen-bond acceptors (Lipinski definition) is 4. The molecule has 1 atom stereocenters. The number of ether oxygens (including phenoxy) is 1. The van der Waals surface area contributed by atoms with Crippen LogP contribution in [0.5, 0.6) is 0 Å². The third-order valence-electron chi connectivity index (χ3n) is 3.09. The maximum atomic E-state index is 5.48. The molecule has 19 heavy (non-hydrogen) atoms. The summed E-state index contributed by atoms with van der Waals surface area (Å²) in [5.41, 5.74) is 2.55. The van der Waals surface area contributed by atoms with Gasteiger partial charge in [0, 0.05) is 29.7 Å². The highest BCUT2D eigenvalue weighted by Gasteiger charge is 2.13. The summed E-state index contributed by atoms with van der Waals surface area (Å²) in [7, 11) is 0. The van der Waals surface area contributed by atoms with E-state index in [0.717, 1.165) is 31.2 Å². The van der Waals surface area contributed by atoms with Crippen LogP contribution in [0.2, 0.25) is 0 Å². The molecule has 0 amide bonds. The van der Waals surface area contributed by atoms with Crippen molar-refractivity contribution in [1.82, 2.24) is 10.3 Å². The molecule has 1 aliphatic heterocycles. The van der Waals surface area contributed by atoms with E-state index in [4.69, 9.17) is 4.74 Å². The summed E-state index contributed by atoms with van der Waals surface area (Å²) in [6.07, 6.45) is 2.86. The molecule has 1 N–H and O–H groups in total. The first kappa shape index (κ1) is 14.5. The summed E-state index contributed by atoms with van der Waals surface area (Å²) in [5, 5.41) is 6.58. The molecular weight excluding hydrogens is 280 g/mol. The van der Waals surface area contributed by atoms with Crippen molar-refractivity contribution in [2.24, 2.45) is 0 Å². The predicted octanol–water partition coefficient (Wildman–Crippen LogP) is 2.76. The summed E-state index contributed by atoms with van der Waals surface area (Å²) in [6.45, 7) is 2.59. The maximum absolute atomic E-state index is 5.48. The number of rotatable bonds is 3. The van der Waals surface area contributed by atoms with Crippen molar-refractivity contribution in [3.8, 4) is 10.6 Å². The van der Waals surface area contributed by atoms with E-state index in [1.807, 2.05) is 11.6 Å². The Labute approximate surface area is 123 Å². The lowest BCUT2D eigenvalue weighted by Gasteiger charge is -2.23. The minimum atomic E-state index is 0. The third-order valence-corrected chi connectivity index (χ3v) is 3.91. The standard InChI is InChI=1S/C14H16N2OS.ClH/c1-2-11(9-13-10-17-6-4-15-13)8-12(3-1)14-16-5-7-18-14;/h1-3,5,7-8,13,15H,4,6,9-10H2;1H. The van der Waals surface area contributed by atoms with Crippen LogP contribution >= 0.6 is 23.7 Å². The molecule has 5 heteroatoms. The second kappa shape index (κ2) is 7.01. The second-order valence-electron chi connectivity index (χ2n) is 4.47. The lowest BCUT2D eigenvalue weighted by atomic mass is 10.0. The Kier molecular flexibility index (Phi) is 5.34. The molecule has 0 spiro atoms. The van der Waals surface area contributed by atoms with Crippen molar-refractivity contribution in [3.05, 3.63) is 41.4 Å². The number of benzene rings is 1. The van der Waals surface area contributed by atoms with Gasteiger partial charge < -0.3 is 10.1 Å². The fourth-order valence-corrected chi connectivity index (χ4v) is 2.87. The molecule has 102 valence electrons. The van der Waals surface area contributed by atoms with Gasteiger partial charge in [-0.25, -0.2) is 4.98 Å². The molecule has 1 aromatic carbocycles. The van der Waals surface area contributed by atoms with E-state index in [0.29, 0.717) is 6.04 Å². The van der Waals surface area contributed by atoms with Crippen LogP contribution in [0.15, 0.2) is 35.8 Å². The van der Waals surface area contributed by atoms with Gasteiger partial charge >= 0.3 is 0 Å². The molecule has 0 radical (unpaired) electrons. The number of aromatic nitrogens is 1. The van der Waals surface area contributed by atoms with E-state index in [1.165, 1.54) is 11.1 Å². The summed E-state index contributed by atoms with van der Waals surface area (Å²) < 4.78 is 5.48. The van der Waals surface area contributed by atoms with E-state index in [1.54, 1.807) is 11.3 Å². The summed E-state index contributed by atoms with van der Waals surface area (Å²) in [4.78, 5) is 4.35. The van der Waals surface area contributed by atoms with E-state index >= 15 is 0 Å². The smallest absolute Gasteiger partial charge is 0.123 e. The summed E-state index contributed by atoms with van der Waals surface area (Å²) in [5.74, 6) is 0. The van der Waals surface area contributed by atoms with Crippen LogP contribution in [0, 0.1) is 0 Å². The number of morpholine rings is 1. The molecule has 1 saturated heterocycles. The van der Waals surface area contributed by atoms with Crippen molar-refractivity contribution in [3.63, 3.8) is 0 Å². The average Bonchev–Trinajstić information content (AvgIpc) is 2.94. The van der Waals surface area contributed by atoms with Crippen LogP contribution in [0.25, 0.3) is 10.6 Å². The molecule has 1 fully saturated rings. The summed E-state index contributed by atoms with van der Waals surface area (Å²) in [6, 6.07) is 9.07. The van der Waals surface area contributed by atoms with Gasteiger partial charge in [0.25, 0.3) is 0 Å². The second-order valence-corrected chi connectivity index (χ2v) is 5.36. The molecule has 1 aromatic heterocycles. The Balaban J connectivity index is 0.00000133. The number of thiazole rings is 1. The molecule has 0 bridgehead atoms. The fourth-order valence-electron chi connectivity index (χ4n) is 2.23. The number of halogens is 1. The molecule has 0 saturated carbocycles. The molecule has 0 aliphatic carbocycles. The number of hydrogen-bond donors (Lipinski definition) is 1. The van der Waals surface area contributed by atoms with Crippen molar-refractivity contribution < 1.29 is 4.74 Å². The van der Waals surface area contributed by atoms with Crippen LogP contribution in [-0.4, -0.2) is 30.8 Å². The zero-order chi connectivity index (χ0) is 12.2. The van der Waals surface area contributed by atoms with Gasteiger partial charge in [-0.3, -0.25) is 0 Å². The van der Waals surface area contributed by atoms with Crippen molar-refractivity contribution in [2.75, 3.05) is 19.8 Å². The Morgan fingerprint density at radius 2 is 2.37 bits per heavy atom. The first-order valence-corrected chi connectivity index (χ1v) is 7.10. The largest absolute Gasteiger partial charge is 0.379 e. The first-order chi connectivity index (χ1) is 8.92. The van der Waals surface area contributed by atoms with E-state index in [-0.39, 0.29) is 12.4 Å². The van der Waals surface area contributed by atoms with Crippen molar-refractivity contribution in [2.45, 2.75) is 12.5 Å². The van der Waals surface area contributed by atoms with Gasteiger partial charge in [-0.05, 0) is 18.1 Å². The Morgan fingerprint density at radius 3 is 3.11 bits per heavy atom. The molecule has 1 aliphatic rings. The Morgan fingerprint density at radius 1 is 1.42 bits per heavy atom. The lowest BCUT2D eigenvalue weighted by molar-refractivity contribution is 0.0770. The lowest BCUT2D eigenvalue weighted by Crippen LogP contribution is -2.42. The number of nitrogens with zero attached hydrogens (tertiary/aromatic N) is 1. The third kappa shape index (κ3) is 3.76. The first-order valence-electron chi connectivity index (χ1n) is 6.22. The van der Waals surface area contributed by atoms with Gasteiger partial charge in [0.05, 0.1) is 13.2 Å². The Bertz CT molecular complexity index is 498. The van der Waals surface area contributed by atoms with E-state index < -0.39 is 0 Å². The van der Waals surface area contributed by atoms with Crippen molar-refractivity contribution >= 4 is 23.7 Å². The highest BCUT2D eigenvalue weighted by molar-refractivity contribution is 7.13. The van der Waals surface area contributed by atoms with Crippen molar-refractivity contribution in [1.29, 1.82) is 0 Å². The van der Waals surface area contributed by atoms with Crippen LogP contribution in [0.4, 0.5) is 0 Å². The predicted molar refractivity (Wildman–Crippen MR) is 81.1 cm³/mol. The van der Waals surface area contributed by atoms with Gasteiger partial charge in [0.2, 0.25) is 0 Å². The van der Waals surface area contributed by atoms with Gasteiger partial charge in [0.1, 0.15) is 5.01 Å². The fraction of sp³-hybridized carbons (Fsp3) is 0.357. The van der Waals surface area contributed by atoms with Gasteiger partial charge in [0.15, 0.2) is 0 Å². The average molecular weight is 297 g/mol. The molecule has 3 rings (SSSR count). The van der Waals surface area contributed by atoms with Gasteiger partial charge in [-0.15, -0.1) is 23.7 Å². The monoisotopic (exact) mass is 296 g/mol. The highest BCUT2D eigenvalue weighted by atomic mass is 35.5.